The second-order valence-electron chi connectivity index (χ2n) is 3.29. The molecule has 0 fully saturated rings. The summed E-state index contributed by atoms with van der Waals surface area (Å²) in [4.78, 5) is 22.6. The van der Waals surface area contributed by atoms with Gasteiger partial charge in [0.05, 0.1) is 6.26 Å². The fourth-order valence-corrected chi connectivity index (χ4v) is 1.17. The van der Waals surface area contributed by atoms with Crippen molar-refractivity contribution >= 4 is 11.9 Å². The van der Waals surface area contributed by atoms with Gasteiger partial charge in [0, 0.05) is 0 Å². The zero-order valence-corrected chi connectivity index (χ0v) is 9.11. The van der Waals surface area contributed by atoms with Crippen molar-refractivity contribution in [2.75, 3.05) is 6.54 Å². The normalized spacial score (nSPS) is 10.2. The van der Waals surface area contributed by atoms with E-state index in [0.29, 0.717) is 5.76 Å². The van der Waals surface area contributed by atoms with Gasteiger partial charge in [0.15, 0.2) is 5.76 Å². The minimum Gasteiger partial charge on any atom is -0.480 e. The van der Waals surface area contributed by atoms with Crippen molar-refractivity contribution in [3.05, 3.63) is 18.4 Å². The number of furan rings is 1. The van der Waals surface area contributed by atoms with Crippen LogP contribution in [0.4, 0.5) is 0 Å². The van der Waals surface area contributed by atoms with Crippen molar-refractivity contribution in [3.63, 3.8) is 0 Å². The number of hydrogen-bond donors (Lipinski definition) is 2. The number of nitrogens with zero attached hydrogens (tertiary/aromatic N) is 4. The van der Waals surface area contributed by atoms with Gasteiger partial charge < -0.3 is 14.8 Å². The molecule has 2 aromatic heterocycles. The van der Waals surface area contributed by atoms with Crippen molar-refractivity contribution < 1.29 is 19.1 Å². The van der Waals surface area contributed by atoms with Crippen molar-refractivity contribution in [2.24, 2.45) is 0 Å². The number of carbonyl (C=O) groups is 2. The molecule has 0 atom stereocenters. The number of aromatic nitrogens is 4. The molecule has 0 aliphatic carbocycles. The molecule has 0 aliphatic rings. The Bertz CT molecular complexity index is 547. The molecular formula is C9H9N5O4. The minimum atomic E-state index is -1.12. The lowest BCUT2D eigenvalue weighted by molar-refractivity contribution is -0.138. The van der Waals surface area contributed by atoms with Gasteiger partial charge in [-0.2, -0.15) is 4.80 Å². The molecule has 2 N–H and O–H groups in total. The van der Waals surface area contributed by atoms with Crippen molar-refractivity contribution in [1.82, 2.24) is 25.5 Å². The summed E-state index contributed by atoms with van der Waals surface area (Å²) in [6.07, 6.45) is 1.47. The molecule has 0 unspecified atom stereocenters. The van der Waals surface area contributed by atoms with E-state index in [1.807, 2.05) is 0 Å². The fraction of sp³-hybridized carbons (Fsp3) is 0.222. The van der Waals surface area contributed by atoms with E-state index in [2.05, 4.69) is 20.7 Å². The van der Waals surface area contributed by atoms with E-state index < -0.39 is 18.4 Å². The maximum absolute atomic E-state index is 11.3. The van der Waals surface area contributed by atoms with Crippen LogP contribution in [-0.2, 0) is 16.1 Å². The Balaban J connectivity index is 1.95. The number of nitrogens with one attached hydrogen (secondary N) is 1. The van der Waals surface area contributed by atoms with E-state index in [1.165, 1.54) is 6.26 Å². The molecule has 2 heterocycles. The van der Waals surface area contributed by atoms with E-state index in [4.69, 9.17) is 9.52 Å². The summed E-state index contributed by atoms with van der Waals surface area (Å²) in [5, 5.41) is 21.8. The van der Waals surface area contributed by atoms with Crippen LogP contribution in [0.25, 0.3) is 11.6 Å². The molecule has 0 spiro atoms. The van der Waals surface area contributed by atoms with Gasteiger partial charge in [0.2, 0.25) is 11.7 Å². The Labute approximate surface area is 100 Å². The van der Waals surface area contributed by atoms with Gasteiger partial charge in [-0.25, -0.2) is 0 Å². The number of carboxylic acids is 1. The van der Waals surface area contributed by atoms with Crippen molar-refractivity contribution in [3.8, 4) is 11.6 Å². The highest BCUT2D eigenvalue weighted by molar-refractivity contribution is 5.80. The summed E-state index contributed by atoms with van der Waals surface area (Å²) < 4.78 is 5.06. The van der Waals surface area contributed by atoms with Gasteiger partial charge in [-0.15, -0.1) is 10.2 Å². The third-order valence-electron chi connectivity index (χ3n) is 1.92. The third-order valence-corrected chi connectivity index (χ3v) is 1.92. The molecule has 0 bridgehead atoms. The standard InChI is InChI=1S/C9H9N5O4/c15-7(10-4-8(16)17)5-14-12-9(11-13-14)6-2-1-3-18-6/h1-3H,4-5H2,(H,10,15)(H,16,17). The fourth-order valence-electron chi connectivity index (χ4n) is 1.17. The van der Waals surface area contributed by atoms with Gasteiger partial charge in [-0.3, -0.25) is 9.59 Å². The maximum Gasteiger partial charge on any atom is 0.322 e. The smallest absolute Gasteiger partial charge is 0.322 e. The van der Waals surface area contributed by atoms with Gasteiger partial charge in [0.25, 0.3) is 0 Å². The molecule has 94 valence electrons. The summed E-state index contributed by atoms with van der Waals surface area (Å²) in [6, 6.07) is 3.33. The van der Waals surface area contributed by atoms with E-state index in [0.717, 1.165) is 4.80 Å². The van der Waals surface area contributed by atoms with Gasteiger partial charge in [-0.05, 0) is 17.3 Å². The SMILES string of the molecule is O=C(O)CNC(=O)Cn1nnc(-c2ccco2)n1. The van der Waals surface area contributed by atoms with Crippen LogP contribution in [0.5, 0.6) is 0 Å². The molecule has 0 radical (unpaired) electrons. The molecule has 0 aromatic carbocycles. The highest BCUT2D eigenvalue weighted by Crippen LogP contribution is 2.12. The summed E-state index contributed by atoms with van der Waals surface area (Å²) in [7, 11) is 0. The first kappa shape index (κ1) is 11.8. The van der Waals surface area contributed by atoms with E-state index in [-0.39, 0.29) is 12.4 Å². The van der Waals surface area contributed by atoms with Crippen LogP contribution in [0.2, 0.25) is 0 Å². The van der Waals surface area contributed by atoms with E-state index >= 15 is 0 Å². The molecule has 9 heteroatoms. The largest absolute Gasteiger partial charge is 0.480 e. The molecule has 0 saturated heterocycles. The molecule has 0 aliphatic heterocycles. The molecular weight excluding hydrogens is 242 g/mol. The molecule has 0 saturated carbocycles. The monoisotopic (exact) mass is 251 g/mol. The molecule has 18 heavy (non-hydrogen) atoms. The zero-order chi connectivity index (χ0) is 13.0. The first-order valence-electron chi connectivity index (χ1n) is 4.95. The summed E-state index contributed by atoms with van der Waals surface area (Å²) in [5.74, 6) is -0.940. The second kappa shape index (κ2) is 5.08. The van der Waals surface area contributed by atoms with Crippen LogP contribution >= 0.6 is 0 Å². The number of hydrogen-bond acceptors (Lipinski definition) is 6. The Hall–Kier alpha value is -2.71. The number of carbonyl (C=O) groups excluding carboxylic acids is 1. The van der Waals surface area contributed by atoms with Crippen LogP contribution in [0.3, 0.4) is 0 Å². The number of aliphatic carboxylic acids is 1. The predicted octanol–water partition coefficient (Wildman–Crippen LogP) is -0.866. The lowest BCUT2D eigenvalue weighted by atomic mass is 10.4. The van der Waals surface area contributed by atoms with Crippen LogP contribution < -0.4 is 5.32 Å². The first-order valence-corrected chi connectivity index (χ1v) is 4.95. The number of amides is 1. The lowest BCUT2D eigenvalue weighted by Crippen LogP contribution is -2.32. The Morgan fingerprint density at radius 3 is 3.00 bits per heavy atom. The van der Waals surface area contributed by atoms with Crippen LogP contribution in [0, 0.1) is 0 Å². The van der Waals surface area contributed by atoms with Crippen molar-refractivity contribution in [2.45, 2.75) is 6.54 Å². The summed E-state index contributed by atoms with van der Waals surface area (Å²) >= 11 is 0. The van der Waals surface area contributed by atoms with Crippen LogP contribution in [0.15, 0.2) is 22.8 Å². The van der Waals surface area contributed by atoms with Gasteiger partial charge in [0.1, 0.15) is 13.1 Å². The molecule has 2 rings (SSSR count). The average molecular weight is 251 g/mol. The number of tetrazole rings is 1. The lowest BCUT2D eigenvalue weighted by Gasteiger charge is -1.99. The molecule has 2 aromatic rings. The molecule has 1 amide bonds. The quantitative estimate of drug-likeness (QED) is 0.708. The highest BCUT2D eigenvalue weighted by Gasteiger charge is 2.11. The van der Waals surface area contributed by atoms with E-state index in [1.54, 1.807) is 12.1 Å². The molecule has 9 nitrogen and oxygen atoms in total. The van der Waals surface area contributed by atoms with Crippen LogP contribution in [0.1, 0.15) is 0 Å². The average Bonchev–Trinajstić information content (AvgIpc) is 2.95. The van der Waals surface area contributed by atoms with Crippen LogP contribution in [-0.4, -0.2) is 43.7 Å². The van der Waals surface area contributed by atoms with Crippen molar-refractivity contribution in [1.29, 1.82) is 0 Å². The first-order chi connectivity index (χ1) is 8.65. The minimum absolute atomic E-state index is 0.207. The Morgan fingerprint density at radius 2 is 2.33 bits per heavy atom. The maximum atomic E-state index is 11.3. The van der Waals surface area contributed by atoms with E-state index in [9.17, 15) is 9.59 Å². The Morgan fingerprint density at radius 1 is 1.50 bits per heavy atom. The predicted molar refractivity (Wildman–Crippen MR) is 56.2 cm³/mol. The number of rotatable bonds is 5. The number of carboxylic acid groups (broad SMARTS) is 1. The summed E-state index contributed by atoms with van der Waals surface area (Å²) in [5.41, 5.74) is 0. The Kier molecular flexibility index (Phi) is 3.32. The summed E-state index contributed by atoms with van der Waals surface area (Å²) in [6.45, 7) is -0.653. The van der Waals surface area contributed by atoms with Gasteiger partial charge >= 0.3 is 5.97 Å². The highest BCUT2D eigenvalue weighted by atomic mass is 16.4. The second-order valence-corrected chi connectivity index (χ2v) is 3.29. The zero-order valence-electron chi connectivity index (χ0n) is 9.11. The topological polar surface area (TPSA) is 123 Å². The van der Waals surface area contributed by atoms with Gasteiger partial charge in [-0.1, -0.05) is 0 Å². The third kappa shape index (κ3) is 2.90.